The molecule has 0 unspecified atom stereocenters. The topological polar surface area (TPSA) is 41.6 Å². The molecule has 1 aliphatic heterocycles. The second kappa shape index (κ2) is 10.4. The van der Waals surface area contributed by atoms with Gasteiger partial charge >= 0.3 is 0 Å². The summed E-state index contributed by atoms with van der Waals surface area (Å²) in [7, 11) is 0. The van der Waals surface area contributed by atoms with Crippen molar-refractivity contribution in [1.82, 2.24) is 10.2 Å². The number of unbranched alkanes of at least 4 members (excludes halogenated alkanes) is 2. The fraction of sp³-hybridized carbons (Fsp3) is 0.938. The van der Waals surface area contributed by atoms with E-state index in [0.29, 0.717) is 6.04 Å². The van der Waals surface area contributed by atoms with Gasteiger partial charge in [-0.2, -0.15) is 0 Å². The Morgan fingerprint density at radius 1 is 1.19 bits per heavy atom. The van der Waals surface area contributed by atoms with E-state index >= 15 is 0 Å². The van der Waals surface area contributed by atoms with Gasteiger partial charge in [-0.1, -0.05) is 19.8 Å². The van der Waals surface area contributed by atoms with E-state index in [1.54, 1.807) is 0 Å². The third-order valence-electron chi connectivity index (χ3n) is 4.36. The van der Waals surface area contributed by atoms with Crippen LogP contribution in [0.2, 0.25) is 0 Å². The fourth-order valence-electron chi connectivity index (χ4n) is 2.69. The van der Waals surface area contributed by atoms with Gasteiger partial charge in [0.25, 0.3) is 0 Å². The lowest BCUT2D eigenvalue weighted by atomic mass is 10.0. The third kappa shape index (κ3) is 7.48. The predicted octanol–water partition coefficient (Wildman–Crippen LogP) is 2.61. The molecule has 1 saturated heterocycles. The Kier molecular flexibility index (Phi) is 9.29. The van der Waals surface area contributed by atoms with E-state index in [9.17, 15) is 4.79 Å². The van der Waals surface area contributed by atoms with Crippen LogP contribution in [0.15, 0.2) is 0 Å². The quantitative estimate of drug-likeness (QED) is 0.664. The molecule has 1 saturated carbocycles. The Bertz CT molecular complexity index is 290. The van der Waals surface area contributed by atoms with Gasteiger partial charge < -0.3 is 15.0 Å². The average Bonchev–Trinajstić information content (AvgIpc) is 3.29. The minimum atomic E-state index is 0. The van der Waals surface area contributed by atoms with E-state index in [-0.39, 0.29) is 24.9 Å². The number of piperidine rings is 1. The van der Waals surface area contributed by atoms with Crippen LogP contribution in [-0.2, 0) is 9.53 Å². The number of hydrogen-bond donors (Lipinski definition) is 1. The Morgan fingerprint density at radius 3 is 2.52 bits per heavy atom. The van der Waals surface area contributed by atoms with Crippen LogP contribution in [0.4, 0.5) is 0 Å². The Morgan fingerprint density at radius 2 is 1.90 bits per heavy atom. The van der Waals surface area contributed by atoms with E-state index in [4.69, 9.17) is 4.74 Å². The van der Waals surface area contributed by atoms with Gasteiger partial charge in [-0.05, 0) is 44.6 Å². The molecule has 0 radical (unpaired) electrons. The number of carbonyl (C=O) groups excluding carboxylic acids is 1. The van der Waals surface area contributed by atoms with Gasteiger partial charge in [0.2, 0.25) is 5.91 Å². The molecule has 21 heavy (non-hydrogen) atoms. The molecule has 1 N–H and O–H groups in total. The van der Waals surface area contributed by atoms with Crippen LogP contribution in [0.3, 0.4) is 0 Å². The molecule has 0 aromatic heterocycles. The van der Waals surface area contributed by atoms with Gasteiger partial charge in [0, 0.05) is 25.7 Å². The molecule has 1 amide bonds. The summed E-state index contributed by atoms with van der Waals surface area (Å²) in [6.45, 7) is 6.12. The lowest BCUT2D eigenvalue weighted by molar-refractivity contribution is -0.137. The van der Waals surface area contributed by atoms with Crippen molar-refractivity contribution in [2.24, 2.45) is 5.92 Å². The van der Waals surface area contributed by atoms with Gasteiger partial charge in [0.1, 0.15) is 6.61 Å². The van der Waals surface area contributed by atoms with E-state index in [2.05, 4.69) is 12.2 Å². The standard InChI is InChI=1S/C16H30N2O2.ClH/c1-2-3-4-11-20-13-16(19)18-9-7-15(8-10-18)17-12-14-5-6-14;/h14-15,17H,2-13H2,1H3;1H. The zero-order valence-corrected chi connectivity index (χ0v) is 14.1. The van der Waals surface area contributed by atoms with Crippen LogP contribution in [-0.4, -0.2) is 49.7 Å². The van der Waals surface area contributed by atoms with Crippen molar-refractivity contribution in [3.8, 4) is 0 Å². The van der Waals surface area contributed by atoms with Gasteiger partial charge in [-0.25, -0.2) is 0 Å². The molecule has 0 spiro atoms. The molecular weight excluding hydrogens is 288 g/mol. The summed E-state index contributed by atoms with van der Waals surface area (Å²) in [5.74, 6) is 1.10. The molecule has 4 nitrogen and oxygen atoms in total. The minimum Gasteiger partial charge on any atom is -0.372 e. The highest BCUT2D eigenvalue weighted by atomic mass is 35.5. The van der Waals surface area contributed by atoms with Crippen LogP contribution in [0.5, 0.6) is 0 Å². The summed E-state index contributed by atoms with van der Waals surface area (Å²) >= 11 is 0. The van der Waals surface area contributed by atoms with Gasteiger partial charge in [0.15, 0.2) is 0 Å². The number of amides is 1. The van der Waals surface area contributed by atoms with Crippen LogP contribution in [0.1, 0.15) is 51.9 Å². The van der Waals surface area contributed by atoms with Crippen LogP contribution >= 0.6 is 12.4 Å². The third-order valence-corrected chi connectivity index (χ3v) is 4.36. The highest BCUT2D eigenvalue weighted by molar-refractivity contribution is 5.85. The SMILES string of the molecule is CCCCCOCC(=O)N1CCC(NCC2CC2)CC1.Cl. The summed E-state index contributed by atoms with van der Waals surface area (Å²) in [5.41, 5.74) is 0. The largest absolute Gasteiger partial charge is 0.372 e. The van der Waals surface area contributed by atoms with Crippen molar-refractivity contribution in [3.05, 3.63) is 0 Å². The molecule has 2 rings (SSSR count). The molecule has 5 heteroatoms. The zero-order chi connectivity index (χ0) is 14.2. The second-order valence-electron chi connectivity index (χ2n) is 6.27. The van der Waals surface area contributed by atoms with Crippen molar-refractivity contribution in [1.29, 1.82) is 0 Å². The van der Waals surface area contributed by atoms with E-state index in [1.807, 2.05) is 4.90 Å². The number of likely N-dealkylation sites (tertiary alicyclic amines) is 1. The first-order valence-electron chi connectivity index (χ1n) is 8.38. The first-order valence-corrected chi connectivity index (χ1v) is 8.38. The minimum absolute atomic E-state index is 0. The predicted molar refractivity (Wildman–Crippen MR) is 87.9 cm³/mol. The molecule has 0 aromatic rings. The molecule has 0 bridgehead atoms. The highest BCUT2D eigenvalue weighted by Crippen LogP contribution is 2.28. The average molecular weight is 319 g/mol. The van der Waals surface area contributed by atoms with Crippen LogP contribution in [0, 0.1) is 5.92 Å². The van der Waals surface area contributed by atoms with Crippen LogP contribution in [0.25, 0.3) is 0 Å². The molecule has 1 heterocycles. The number of nitrogens with zero attached hydrogens (tertiary/aromatic N) is 1. The van der Waals surface area contributed by atoms with Gasteiger partial charge in [0.05, 0.1) is 0 Å². The summed E-state index contributed by atoms with van der Waals surface area (Å²) < 4.78 is 5.46. The maximum atomic E-state index is 12.0. The van der Waals surface area contributed by atoms with Gasteiger partial charge in [-0.3, -0.25) is 4.79 Å². The normalized spacial score (nSPS) is 19.4. The summed E-state index contributed by atoms with van der Waals surface area (Å²) in [6, 6.07) is 0.616. The molecule has 124 valence electrons. The molecule has 2 aliphatic rings. The van der Waals surface area contributed by atoms with Crippen LogP contribution < -0.4 is 5.32 Å². The van der Waals surface area contributed by atoms with E-state index in [1.165, 1.54) is 32.2 Å². The molecular formula is C16H31ClN2O2. The Hall–Kier alpha value is -0.320. The smallest absolute Gasteiger partial charge is 0.248 e. The first kappa shape index (κ1) is 18.7. The maximum Gasteiger partial charge on any atom is 0.248 e. The monoisotopic (exact) mass is 318 g/mol. The molecule has 1 aliphatic carbocycles. The lowest BCUT2D eigenvalue weighted by Crippen LogP contribution is -2.46. The summed E-state index contributed by atoms with van der Waals surface area (Å²) in [5, 5.41) is 3.64. The fourth-order valence-corrected chi connectivity index (χ4v) is 2.69. The van der Waals surface area contributed by atoms with E-state index < -0.39 is 0 Å². The second-order valence-corrected chi connectivity index (χ2v) is 6.27. The van der Waals surface area contributed by atoms with Crippen molar-refractivity contribution in [3.63, 3.8) is 0 Å². The number of ether oxygens (including phenoxy) is 1. The number of halogens is 1. The number of hydrogen-bond acceptors (Lipinski definition) is 3. The van der Waals surface area contributed by atoms with Crippen molar-refractivity contribution < 1.29 is 9.53 Å². The Balaban J connectivity index is 0.00000220. The maximum absolute atomic E-state index is 12.0. The van der Waals surface area contributed by atoms with Crippen molar-refractivity contribution in [2.75, 3.05) is 32.8 Å². The number of rotatable bonds is 9. The molecule has 2 fully saturated rings. The van der Waals surface area contributed by atoms with Gasteiger partial charge in [-0.15, -0.1) is 12.4 Å². The highest BCUT2D eigenvalue weighted by Gasteiger charge is 2.25. The molecule has 0 atom stereocenters. The van der Waals surface area contributed by atoms with Crippen molar-refractivity contribution >= 4 is 18.3 Å². The summed E-state index contributed by atoms with van der Waals surface area (Å²) in [6.07, 6.45) is 8.43. The first-order chi connectivity index (χ1) is 9.79. The molecule has 0 aromatic carbocycles. The number of nitrogens with one attached hydrogen (secondary N) is 1. The zero-order valence-electron chi connectivity index (χ0n) is 13.3. The Labute approximate surface area is 135 Å². The number of carbonyl (C=O) groups is 1. The summed E-state index contributed by atoms with van der Waals surface area (Å²) in [4.78, 5) is 14.0. The van der Waals surface area contributed by atoms with Crippen molar-refractivity contribution in [2.45, 2.75) is 57.9 Å². The lowest BCUT2D eigenvalue weighted by Gasteiger charge is -2.32. The van der Waals surface area contributed by atoms with E-state index in [0.717, 1.165) is 44.9 Å².